The van der Waals surface area contributed by atoms with E-state index in [0.717, 1.165) is 48.0 Å². The van der Waals surface area contributed by atoms with Crippen LogP contribution in [0, 0.1) is 6.92 Å². The van der Waals surface area contributed by atoms with Crippen molar-refractivity contribution in [2.45, 2.75) is 46.0 Å². The zero-order valence-electron chi connectivity index (χ0n) is 14.5. The van der Waals surface area contributed by atoms with Gasteiger partial charge in [-0.15, -0.1) is 0 Å². The molecule has 0 saturated heterocycles. The highest BCUT2D eigenvalue weighted by Crippen LogP contribution is 2.28. The number of anilines is 2. The largest absolute Gasteiger partial charge is 0.294 e. The van der Waals surface area contributed by atoms with Crippen LogP contribution in [0.15, 0.2) is 23.0 Å². The fourth-order valence-corrected chi connectivity index (χ4v) is 3.46. The first-order chi connectivity index (χ1) is 12.1. The molecule has 0 bridgehead atoms. The van der Waals surface area contributed by atoms with E-state index in [-0.39, 0.29) is 5.56 Å². The van der Waals surface area contributed by atoms with Crippen LogP contribution in [0.3, 0.4) is 0 Å². The van der Waals surface area contributed by atoms with E-state index < -0.39 is 0 Å². The number of hydrogen-bond acceptors (Lipinski definition) is 5. The molecule has 2 N–H and O–H groups in total. The zero-order chi connectivity index (χ0) is 17.4. The summed E-state index contributed by atoms with van der Waals surface area (Å²) in [6.45, 7) is 4.05. The SMILES string of the molecule is CCCc1cc(=O)[nH]c(Nc2nc(C)c3cc4c(cc3n2)CCC4)n1. The van der Waals surface area contributed by atoms with Gasteiger partial charge in [0.05, 0.1) is 11.2 Å². The monoisotopic (exact) mass is 335 g/mol. The number of H-pyrrole nitrogens is 1. The summed E-state index contributed by atoms with van der Waals surface area (Å²) in [4.78, 5) is 28.1. The average molecular weight is 335 g/mol. The molecular formula is C19H21N5O. The van der Waals surface area contributed by atoms with E-state index >= 15 is 0 Å². The Morgan fingerprint density at radius 1 is 1.12 bits per heavy atom. The van der Waals surface area contributed by atoms with Crippen LogP contribution in [-0.2, 0) is 19.3 Å². The molecular weight excluding hydrogens is 314 g/mol. The molecule has 1 aliphatic rings. The molecule has 0 unspecified atom stereocenters. The zero-order valence-corrected chi connectivity index (χ0v) is 14.5. The van der Waals surface area contributed by atoms with Crippen molar-refractivity contribution in [1.82, 2.24) is 19.9 Å². The molecule has 4 rings (SSSR count). The molecule has 0 saturated carbocycles. The highest BCUT2D eigenvalue weighted by atomic mass is 16.1. The van der Waals surface area contributed by atoms with Crippen LogP contribution in [0.4, 0.5) is 11.9 Å². The second-order valence-electron chi connectivity index (χ2n) is 6.58. The third-order valence-corrected chi connectivity index (χ3v) is 4.63. The highest BCUT2D eigenvalue weighted by Gasteiger charge is 2.14. The lowest BCUT2D eigenvalue weighted by Gasteiger charge is -2.10. The van der Waals surface area contributed by atoms with Crippen LogP contribution < -0.4 is 10.9 Å². The summed E-state index contributed by atoms with van der Waals surface area (Å²) < 4.78 is 0. The Labute approximate surface area is 145 Å². The number of nitrogens with zero attached hydrogens (tertiary/aromatic N) is 3. The summed E-state index contributed by atoms with van der Waals surface area (Å²) >= 11 is 0. The van der Waals surface area contributed by atoms with Gasteiger partial charge < -0.3 is 0 Å². The van der Waals surface area contributed by atoms with E-state index in [1.165, 1.54) is 23.6 Å². The van der Waals surface area contributed by atoms with Crippen LogP contribution in [0.25, 0.3) is 10.9 Å². The summed E-state index contributed by atoms with van der Waals surface area (Å²) in [5, 5.41) is 4.15. The molecule has 2 heterocycles. The predicted molar refractivity (Wildman–Crippen MR) is 98.4 cm³/mol. The van der Waals surface area contributed by atoms with Gasteiger partial charge in [-0.1, -0.05) is 13.3 Å². The molecule has 0 aliphatic heterocycles. The van der Waals surface area contributed by atoms with Crippen molar-refractivity contribution >= 4 is 22.8 Å². The summed E-state index contributed by atoms with van der Waals surface area (Å²) in [5.74, 6) is 0.843. The quantitative estimate of drug-likeness (QED) is 0.765. The maximum Gasteiger partial charge on any atom is 0.252 e. The number of fused-ring (bicyclic) bond motifs is 2. The van der Waals surface area contributed by atoms with Crippen molar-refractivity contribution in [3.8, 4) is 0 Å². The van der Waals surface area contributed by atoms with Crippen LogP contribution in [0.2, 0.25) is 0 Å². The Morgan fingerprint density at radius 3 is 2.72 bits per heavy atom. The minimum absolute atomic E-state index is 0.170. The van der Waals surface area contributed by atoms with Crippen molar-refractivity contribution in [2.75, 3.05) is 5.32 Å². The van der Waals surface area contributed by atoms with Gasteiger partial charge in [-0.05, 0) is 55.9 Å². The molecule has 0 fully saturated rings. The molecule has 25 heavy (non-hydrogen) atoms. The maximum atomic E-state index is 11.8. The van der Waals surface area contributed by atoms with Gasteiger partial charge >= 0.3 is 0 Å². The lowest BCUT2D eigenvalue weighted by atomic mass is 10.1. The molecule has 6 nitrogen and oxygen atoms in total. The first-order valence-corrected chi connectivity index (χ1v) is 8.80. The first kappa shape index (κ1) is 15.7. The Morgan fingerprint density at radius 2 is 1.92 bits per heavy atom. The summed E-state index contributed by atoms with van der Waals surface area (Å²) in [6, 6.07) is 5.92. The van der Waals surface area contributed by atoms with E-state index in [0.29, 0.717) is 11.9 Å². The fourth-order valence-electron chi connectivity index (χ4n) is 3.46. The number of aromatic nitrogens is 4. The third kappa shape index (κ3) is 3.12. The van der Waals surface area contributed by atoms with Crippen molar-refractivity contribution in [1.29, 1.82) is 0 Å². The standard InChI is InChI=1S/C19H21N5O/c1-3-5-14-10-17(25)23-19(21-14)24-18-20-11(2)15-8-12-6-4-7-13(12)9-16(15)22-18/h8-10H,3-7H2,1-2H3,(H2,20,21,22,23,24,25). The Hall–Kier alpha value is -2.76. The van der Waals surface area contributed by atoms with Crippen LogP contribution >= 0.6 is 0 Å². The number of nitrogens with one attached hydrogen (secondary N) is 2. The van der Waals surface area contributed by atoms with Crippen LogP contribution in [-0.4, -0.2) is 19.9 Å². The molecule has 1 aromatic carbocycles. The van der Waals surface area contributed by atoms with Crippen LogP contribution in [0.1, 0.15) is 42.3 Å². The lowest BCUT2D eigenvalue weighted by molar-refractivity contribution is 0.869. The summed E-state index contributed by atoms with van der Waals surface area (Å²) in [6.07, 6.45) is 5.17. The Balaban J connectivity index is 1.72. The Bertz CT molecular complexity index is 1010. The molecule has 1 aliphatic carbocycles. The molecule has 3 aromatic rings. The van der Waals surface area contributed by atoms with E-state index in [1.807, 2.05) is 6.92 Å². The number of aromatic amines is 1. The van der Waals surface area contributed by atoms with Gasteiger partial charge in [0.15, 0.2) is 0 Å². The summed E-state index contributed by atoms with van der Waals surface area (Å²) in [5.41, 5.74) is 5.25. The average Bonchev–Trinajstić information content (AvgIpc) is 3.00. The highest BCUT2D eigenvalue weighted by molar-refractivity contribution is 5.84. The van der Waals surface area contributed by atoms with Gasteiger partial charge in [-0.3, -0.25) is 15.1 Å². The van der Waals surface area contributed by atoms with E-state index in [9.17, 15) is 4.79 Å². The fraction of sp³-hybridized carbons (Fsp3) is 0.368. The Kier molecular flexibility index (Phi) is 3.95. The van der Waals surface area contributed by atoms with Gasteiger partial charge in [0.2, 0.25) is 11.9 Å². The number of rotatable bonds is 4. The smallest absolute Gasteiger partial charge is 0.252 e. The predicted octanol–water partition coefficient (Wildman–Crippen LogP) is 3.21. The van der Waals surface area contributed by atoms with E-state index in [2.05, 4.69) is 44.3 Å². The van der Waals surface area contributed by atoms with Crippen LogP contribution in [0.5, 0.6) is 0 Å². The number of aryl methyl sites for hydroxylation is 4. The minimum atomic E-state index is -0.170. The van der Waals surface area contributed by atoms with E-state index in [1.54, 1.807) is 0 Å². The normalized spacial score (nSPS) is 13.2. The summed E-state index contributed by atoms with van der Waals surface area (Å²) in [7, 11) is 0. The molecule has 0 spiro atoms. The van der Waals surface area contributed by atoms with Gasteiger partial charge in [-0.2, -0.15) is 0 Å². The molecule has 128 valence electrons. The van der Waals surface area contributed by atoms with Gasteiger partial charge in [0, 0.05) is 17.1 Å². The van der Waals surface area contributed by atoms with Gasteiger partial charge in [-0.25, -0.2) is 15.0 Å². The minimum Gasteiger partial charge on any atom is -0.294 e. The molecule has 0 radical (unpaired) electrons. The van der Waals surface area contributed by atoms with Crippen molar-refractivity contribution in [3.63, 3.8) is 0 Å². The maximum absolute atomic E-state index is 11.8. The number of hydrogen-bond donors (Lipinski definition) is 2. The second kappa shape index (κ2) is 6.27. The number of benzene rings is 1. The van der Waals surface area contributed by atoms with Gasteiger partial charge in [0.25, 0.3) is 5.56 Å². The molecule has 2 aromatic heterocycles. The van der Waals surface area contributed by atoms with Crippen molar-refractivity contribution < 1.29 is 0 Å². The molecule has 0 atom stereocenters. The second-order valence-corrected chi connectivity index (χ2v) is 6.58. The topological polar surface area (TPSA) is 83.6 Å². The van der Waals surface area contributed by atoms with Gasteiger partial charge in [0.1, 0.15) is 0 Å². The molecule has 0 amide bonds. The van der Waals surface area contributed by atoms with Crippen molar-refractivity contribution in [2.24, 2.45) is 0 Å². The first-order valence-electron chi connectivity index (χ1n) is 8.80. The third-order valence-electron chi connectivity index (χ3n) is 4.63. The molecule has 6 heteroatoms. The lowest BCUT2D eigenvalue weighted by Crippen LogP contribution is -2.13. The van der Waals surface area contributed by atoms with Crippen molar-refractivity contribution in [3.05, 3.63) is 51.1 Å². The van der Waals surface area contributed by atoms with E-state index in [4.69, 9.17) is 0 Å².